The summed E-state index contributed by atoms with van der Waals surface area (Å²) in [5.74, 6) is 0.992. The van der Waals surface area contributed by atoms with Gasteiger partial charge in [0.1, 0.15) is 5.75 Å². The molecule has 0 atom stereocenters. The van der Waals surface area contributed by atoms with Gasteiger partial charge in [0.15, 0.2) is 0 Å². The third kappa shape index (κ3) is 1.25. The van der Waals surface area contributed by atoms with E-state index in [2.05, 4.69) is 38.1 Å². The average Bonchev–Trinajstić information content (AvgIpc) is 2.18. The number of hydrogen-bond acceptors (Lipinski definition) is 1. The molecule has 0 aromatic heterocycles. The minimum Gasteiger partial charge on any atom is -0.496 e. The molecule has 72 valence electrons. The smallest absolute Gasteiger partial charge is 0.129 e. The summed E-state index contributed by atoms with van der Waals surface area (Å²) in [6, 6.07) is 10.5. The molecule has 0 bridgehead atoms. The van der Waals surface area contributed by atoms with Gasteiger partial charge in [-0.25, -0.2) is 0 Å². The van der Waals surface area contributed by atoms with Crippen LogP contribution in [0.15, 0.2) is 30.3 Å². The topological polar surface area (TPSA) is 9.23 Å². The van der Waals surface area contributed by atoms with Crippen molar-refractivity contribution in [3.05, 3.63) is 41.5 Å². The van der Waals surface area contributed by atoms with E-state index < -0.39 is 0 Å². The van der Waals surface area contributed by atoms with Gasteiger partial charge in [0, 0.05) is 5.39 Å². The standard InChI is InChI=1S/C13H14O/c1-9-8-10(2)13(14-3)12-7-5-4-6-11(9)12/h4-8H,1-3H3. The second-order valence-electron chi connectivity index (χ2n) is 3.59. The van der Waals surface area contributed by atoms with Crippen molar-refractivity contribution >= 4 is 10.8 Å². The minimum absolute atomic E-state index is 0.992. The number of aryl methyl sites for hydroxylation is 2. The van der Waals surface area contributed by atoms with Crippen molar-refractivity contribution in [2.24, 2.45) is 0 Å². The van der Waals surface area contributed by atoms with Crippen LogP contribution in [0.25, 0.3) is 10.8 Å². The van der Waals surface area contributed by atoms with Crippen molar-refractivity contribution in [3.63, 3.8) is 0 Å². The normalized spacial score (nSPS) is 10.5. The van der Waals surface area contributed by atoms with Gasteiger partial charge in [-0.15, -0.1) is 0 Å². The highest BCUT2D eigenvalue weighted by Crippen LogP contribution is 2.31. The van der Waals surface area contributed by atoms with E-state index in [1.54, 1.807) is 7.11 Å². The van der Waals surface area contributed by atoms with Crippen molar-refractivity contribution in [2.45, 2.75) is 13.8 Å². The molecule has 0 unspecified atom stereocenters. The molecular formula is C13H14O. The first kappa shape index (κ1) is 9.07. The second kappa shape index (κ2) is 3.33. The first-order valence-electron chi connectivity index (χ1n) is 4.77. The molecule has 0 N–H and O–H groups in total. The van der Waals surface area contributed by atoms with Gasteiger partial charge in [0.05, 0.1) is 7.11 Å². The Morgan fingerprint density at radius 2 is 1.57 bits per heavy atom. The molecule has 0 spiro atoms. The van der Waals surface area contributed by atoms with Gasteiger partial charge in [0.2, 0.25) is 0 Å². The number of hydrogen-bond donors (Lipinski definition) is 0. The largest absolute Gasteiger partial charge is 0.496 e. The summed E-state index contributed by atoms with van der Waals surface area (Å²) in [5, 5.41) is 2.47. The summed E-state index contributed by atoms with van der Waals surface area (Å²) in [6.45, 7) is 4.22. The summed E-state index contributed by atoms with van der Waals surface area (Å²) in [4.78, 5) is 0. The summed E-state index contributed by atoms with van der Waals surface area (Å²) in [6.07, 6.45) is 0. The van der Waals surface area contributed by atoms with Gasteiger partial charge in [-0.1, -0.05) is 30.3 Å². The summed E-state index contributed by atoms with van der Waals surface area (Å²) >= 11 is 0. The van der Waals surface area contributed by atoms with Gasteiger partial charge >= 0.3 is 0 Å². The molecule has 1 nitrogen and oxygen atoms in total. The van der Waals surface area contributed by atoms with Crippen LogP contribution in [0, 0.1) is 13.8 Å². The minimum atomic E-state index is 0.992. The van der Waals surface area contributed by atoms with Crippen LogP contribution in [0.5, 0.6) is 5.75 Å². The SMILES string of the molecule is COc1c(C)cc(C)c2ccccc12. The molecule has 0 radical (unpaired) electrons. The van der Waals surface area contributed by atoms with Crippen LogP contribution < -0.4 is 4.74 Å². The third-order valence-electron chi connectivity index (χ3n) is 2.59. The van der Waals surface area contributed by atoms with Crippen molar-refractivity contribution in [3.8, 4) is 5.75 Å². The Morgan fingerprint density at radius 3 is 2.21 bits per heavy atom. The van der Waals surface area contributed by atoms with E-state index in [4.69, 9.17) is 4.74 Å². The van der Waals surface area contributed by atoms with Crippen LogP contribution in [0.3, 0.4) is 0 Å². The molecule has 14 heavy (non-hydrogen) atoms. The van der Waals surface area contributed by atoms with E-state index >= 15 is 0 Å². The Hall–Kier alpha value is -1.50. The average molecular weight is 186 g/mol. The van der Waals surface area contributed by atoms with Gasteiger partial charge in [-0.05, 0) is 30.4 Å². The number of benzene rings is 2. The second-order valence-corrected chi connectivity index (χ2v) is 3.59. The van der Waals surface area contributed by atoms with Gasteiger partial charge in [-0.2, -0.15) is 0 Å². The van der Waals surface area contributed by atoms with E-state index in [0.717, 1.165) is 5.75 Å². The molecule has 1 heteroatoms. The lowest BCUT2D eigenvalue weighted by Gasteiger charge is -2.10. The quantitative estimate of drug-likeness (QED) is 0.662. The molecule has 0 amide bonds. The Morgan fingerprint density at radius 1 is 0.929 bits per heavy atom. The molecule has 0 fully saturated rings. The maximum atomic E-state index is 5.41. The zero-order valence-corrected chi connectivity index (χ0v) is 8.79. The van der Waals surface area contributed by atoms with E-state index in [0.29, 0.717) is 0 Å². The van der Waals surface area contributed by atoms with Gasteiger partial charge in [-0.3, -0.25) is 0 Å². The Balaban J connectivity index is 2.90. The molecule has 2 aromatic rings. The van der Waals surface area contributed by atoms with E-state index in [1.165, 1.54) is 21.9 Å². The Labute approximate surface area is 84.3 Å². The lowest BCUT2D eigenvalue weighted by molar-refractivity contribution is 0.416. The van der Waals surface area contributed by atoms with Crippen LogP contribution in [-0.2, 0) is 0 Å². The number of fused-ring (bicyclic) bond motifs is 1. The first-order chi connectivity index (χ1) is 6.74. The van der Waals surface area contributed by atoms with Crippen LogP contribution in [0.1, 0.15) is 11.1 Å². The maximum Gasteiger partial charge on any atom is 0.129 e. The van der Waals surface area contributed by atoms with Gasteiger partial charge < -0.3 is 4.74 Å². The van der Waals surface area contributed by atoms with Crippen molar-refractivity contribution in [1.82, 2.24) is 0 Å². The third-order valence-corrected chi connectivity index (χ3v) is 2.59. The number of rotatable bonds is 1. The van der Waals surface area contributed by atoms with Crippen LogP contribution in [-0.4, -0.2) is 7.11 Å². The predicted octanol–water partition coefficient (Wildman–Crippen LogP) is 3.47. The fourth-order valence-corrected chi connectivity index (χ4v) is 1.98. The highest BCUT2D eigenvalue weighted by atomic mass is 16.5. The molecule has 0 saturated heterocycles. The van der Waals surface area contributed by atoms with Crippen molar-refractivity contribution in [1.29, 1.82) is 0 Å². The number of ether oxygens (including phenoxy) is 1. The van der Waals surface area contributed by atoms with Crippen molar-refractivity contribution in [2.75, 3.05) is 7.11 Å². The fourth-order valence-electron chi connectivity index (χ4n) is 1.98. The highest BCUT2D eigenvalue weighted by Gasteiger charge is 2.06. The Kier molecular flexibility index (Phi) is 2.16. The maximum absolute atomic E-state index is 5.41. The molecule has 0 aliphatic rings. The molecule has 0 aliphatic heterocycles. The van der Waals surface area contributed by atoms with E-state index in [-0.39, 0.29) is 0 Å². The van der Waals surface area contributed by atoms with Crippen molar-refractivity contribution < 1.29 is 4.74 Å². The molecule has 0 saturated carbocycles. The summed E-state index contributed by atoms with van der Waals surface area (Å²) < 4.78 is 5.41. The lowest BCUT2D eigenvalue weighted by atomic mass is 10.0. The molecule has 0 heterocycles. The lowest BCUT2D eigenvalue weighted by Crippen LogP contribution is -1.90. The molecular weight excluding hydrogens is 172 g/mol. The van der Waals surface area contributed by atoms with Gasteiger partial charge in [0.25, 0.3) is 0 Å². The van der Waals surface area contributed by atoms with E-state index in [1.807, 2.05) is 6.07 Å². The fraction of sp³-hybridized carbons (Fsp3) is 0.231. The predicted molar refractivity (Wildman–Crippen MR) is 60.0 cm³/mol. The molecule has 2 rings (SSSR count). The zero-order chi connectivity index (χ0) is 10.1. The van der Waals surface area contributed by atoms with Crippen LogP contribution in [0.4, 0.5) is 0 Å². The highest BCUT2D eigenvalue weighted by molar-refractivity contribution is 5.92. The van der Waals surface area contributed by atoms with E-state index in [9.17, 15) is 0 Å². The molecule has 0 aliphatic carbocycles. The zero-order valence-electron chi connectivity index (χ0n) is 8.79. The summed E-state index contributed by atoms with van der Waals surface area (Å²) in [5.41, 5.74) is 2.50. The Bertz CT molecular complexity index is 472. The van der Waals surface area contributed by atoms with Crippen LogP contribution in [0.2, 0.25) is 0 Å². The summed E-state index contributed by atoms with van der Waals surface area (Å²) in [7, 11) is 1.73. The first-order valence-corrected chi connectivity index (χ1v) is 4.77. The monoisotopic (exact) mass is 186 g/mol. The van der Waals surface area contributed by atoms with Crippen LogP contribution >= 0.6 is 0 Å². The number of methoxy groups -OCH3 is 1. The molecule has 2 aromatic carbocycles.